The lowest BCUT2D eigenvalue weighted by Crippen LogP contribution is -2.15. The van der Waals surface area contributed by atoms with Gasteiger partial charge in [-0.1, -0.05) is 6.07 Å². The second kappa shape index (κ2) is 11.7. The van der Waals surface area contributed by atoms with Crippen LogP contribution < -0.4 is 23.7 Å². The van der Waals surface area contributed by atoms with Crippen molar-refractivity contribution in [2.45, 2.75) is 12.2 Å². The van der Waals surface area contributed by atoms with Crippen LogP contribution in [0.4, 0.5) is 0 Å². The number of ether oxygens (including phenoxy) is 9. The van der Waals surface area contributed by atoms with Crippen molar-refractivity contribution in [3.8, 4) is 28.7 Å². The SMILES string of the molecule is COCOc1cc(OCOC)c(C(=O)[C@@H]2O[C@H]2c2ccc(OC)c(OC)c2)c(OCOC)c1. The summed E-state index contributed by atoms with van der Waals surface area (Å²) in [5, 5.41) is 0. The molecule has 0 radical (unpaired) electrons. The molecule has 0 aliphatic carbocycles. The van der Waals surface area contributed by atoms with Gasteiger partial charge >= 0.3 is 0 Å². The van der Waals surface area contributed by atoms with Gasteiger partial charge in [-0.2, -0.15) is 0 Å². The van der Waals surface area contributed by atoms with E-state index in [0.29, 0.717) is 17.2 Å². The van der Waals surface area contributed by atoms with Crippen molar-refractivity contribution in [2.75, 3.05) is 55.9 Å². The normalized spacial score (nSPS) is 16.8. The van der Waals surface area contributed by atoms with Gasteiger partial charge in [-0.25, -0.2) is 0 Å². The van der Waals surface area contributed by atoms with E-state index in [1.807, 2.05) is 6.07 Å². The molecule has 2 atom stereocenters. The lowest BCUT2D eigenvalue weighted by atomic mass is 10.0. The van der Waals surface area contributed by atoms with Crippen molar-refractivity contribution in [3.05, 3.63) is 41.5 Å². The zero-order chi connectivity index (χ0) is 23.8. The highest BCUT2D eigenvalue weighted by Crippen LogP contribution is 2.46. The van der Waals surface area contributed by atoms with Crippen LogP contribution in [0.1, 0.15) is 22.0 Å². The van der Waals surface area contributed by atoms with E-state index in [9.17, 15) is 4.79 Å². The van der Waals surface area contributed by atoms with E-state index in [0.717, 1.165) is 5.56 Å². The lowest BCUT2D eigenvalue weighted by Gasteiger charge is -2.17. The van der Waals surface area contributed by atoms with Gasteiger partial charge in [0.15, 0.2) is 38.0 Å². The van der Waals surface area contributed by atoms with E-state index in [4.69, 9.17) is 42.6 Å². The van der Waals surface area contributed by atoms with Crippen molar-refractivity contribution < 1.29 is 47.4 Å². The van der Waals surface area contributed by atoms with Crippen LogP contribution in [0, 0.1) is 0 Å². The molecular formula is C23H28O10. The molecule has 10 nitrogen and oxygen atoms in total. The number of rotatable bonds is 14. The number of carbonyl (C=O) groups is 1. The van der Waals surface area contributed by atoms with E-state index in [1.165, 1.54) is 21.3 Å². The molecular weight excluding hydrogens is 436 g/mol. The number of carbonyl (C=O) groups excluding carboxylic acids is 1. The summed E-state index contributed by atoms with van der Waals surface area (Å²) >= 11 is 0. The number of hydrogen-bond donors (Lipinski definition) is 0. The quantitative estimate of drug-likeness (QED) is 0.235. The number of ketones is 1. The average Bonchev–Trinajstić information content (AvgIpc) is 3.64. The fourth-order valence-corrected chi connectivity index (χ4v) is 3.23. The van der Waals surface area contributed by atoms with Crippen LogP contribution in [-0.2, 0) is 18.9 Å². The fraction of sp³-hybridized carbons (Fsp3) is 0.435. The van der Waals surface area contributed by atoms with Gasteiger partial charge in [-0.3, -0.25) is 4.79 Å². The summed E-state index contributed by atoms with van der Waals surface area (Å²) in [6.07, 6.45) is -1.18. The van der Waals surface area contributed by atoms with Crippen molar-refractivity contribution in [1.82, 2.24) is 0 Å². The molecule has 10 heteroatoms. The number of benzene rings is 2. The molecule has 1 aliphatic rings. The van der Waals surface area contributed by atoms with Gasteiger partial charge in [0, 0.05) is 33.5 Å². The van der Waals surface area contributed by atoms with E-state index in [2.05, 4.69) is 0 Å². The molecule has 1 heterocycles. The van der Waals surface area contributed by atoms with Gasteiger partial charge in [-0.15, -0.1) is 0 Å². The summed E-state index contributed by atoms with van der Waals surface area (Å²) in [6, 6.07) is 8.51. The van der Waals surface area contributed by atoms with Gasteiger partial charge < -0.3 is 42.6 Å². The van der Waals surface area contributed by atoms with Crippen molar-refractivity contribution >= 4 is 5.78 Å². The molecule has 2 aromatic rings. The number of hydrogen-bond acceptors (Lipinski definition) is 10. The third kappa shape index (κ3) is 5.85. The van der Waals surface area contributed by atoms with Gasteiger partial charge in [0.05, 0.1) is 14.2 Å². The van der Waals surface area contributed by atoms with Crippen LogP contribution in [0.15, 0.2) is 30.3 Å². The Morgan fingerprint density at radius 2 is 1.33 bits per heavy atom. The molecule has 1 fully saturated rings. The second-order valence-corrected chi connectivity index (χ2v) is 6.90. The molecule has 0 N–H and O–H groups in total. The first kappa shape index (κ1) is 24.6. The van der Waals surface area contributed by atoms with Crippen LogP contribution in [0.2, 0.25) is 0 Å². The molecule has 33 heavy (non-hydrogen) atoms. The van der Waals surface area contributed by atoms with Gasteiger partial charge in [0.25, 0.3) is 0 Å². The Kier molecular flexibility index (Phi) is 8.72. The third-order valence-electron chi connectivity index (χ3n) is 4.78. The summed E-state index contributed by atoms with van der Waals surface area (Å²) < 4.78 is 48.2. The molecule has 0 bridgehead atoms. The highest BCUT2D eigenvalue weighted by atomic mass is 16.7. The summed E-state index contributed by atoms with van der Waals surface area (Å²) in [4.78, 5) is 13.5. The molecule has 180 valence electrons. The second-order valence-electron chi connectivity index (χ2n) is 6.90. The molecule has 2 aromatic carbocycles. The first-order valence-electron chi connectivity index (χ1n) is 10.0. The number of Topliss-reactive ketones (excluding diaryl/α,β-unsaturated/α-hetero) is 1. The van der Waals surface area contributed by atoms with Gasteiger partial charge in [0.2, 0.25) is 5.78 Å². The monoisotopic (exact) mass is 464 g/mol. The summed E-state index contributed by atoms with van der Waals surface area (Å²) in [6.45, 7) is -0.154. The largest absolute Gasteiger partial charge is 0.493 e. The first-order chi connectivity index (χ1) is 16.1. The van der Waals surface area contributed by atoms with Crippen LogP contribution >= 0.6 is 0 Å². The van der Waals surface area contributed by atoms with E-state index >= 15 is 0 Å². The number of methoxy groups -OCH3 is 5. The van der Waals surface area contributed by atoms with Crippen LogP contribution in [0.3, 0.4) is 0 Å². The third-order valence-corrected chi connectivity index (χ3v) is 4.78. The minimum absolute atomic E-state index is 0.00778. The summed E-state index contributed by atoms with van der Waals surface area (Å²) in [5.41, 5.74) is 0.978. The van der Waals surface area contributed by atoms with E-state index in [-0.39, 0.29) is 43.2 Å². The van der Waals surface area contributed by atoms with Crippen molar-refractivity contribution in [1.29, 1.82) is 0 Å². The molecule has 1 saturated heterocycles. The van der Waals surface area contributed by atoms with Crippen molar-refractivity contribution in [2.24, 2.45) is 0 Å². The Morgan fingerprint density at radius 1 is 0.758 bits per heavy atom. The van der Waals surface area contributed by atoms with Gasteiger partial charge in [-0.05, 0) is 17.7 Å². The highest BCUT2D eigenvalue weighted by Gasteiger charge is 2.48. The summed E-state index contributed by atoms with van der Waals surface area (Å²) in [5.74, 6) is 1.65. The topological polar surface area (TPSA) is 103 Å². The Balaban J connectivity index is 1.92. The van der Waals surface area contributed by atoms with Crippen LogP contribution in [0.5, 0.6) is 28.7 Å². The molecule has 0 spiro atoms. The Bertz CT molecular complexity index is 916. The Labute approximate surface area is 192 Å². The van der Waals surface area contributed by atoms with Crippen molar-refractivity contribution in [3.63, 3.8) is 0 Å². The maximum Gasteiger partial charge on any atom is 0.202 e. The van der Waals surface area contributed by atoms with E-state index in [1.54, 1.807) is 38.5 Å². The zero-order valence-electron chi connectivity index (χ0n) is 19.2. The maximum absolute atomic E-state index is 13.5. The molecule has 0 saturated carbocycles. The van der Waals surface area contributed by atoms with Crippen LogP contribution in [0.25, 0.3) is 0 Å². The standard InChI is InChI=1S/C23H28O10/c1-25-11-30-15-9-18(31-12-26-2)20(19(10-15)32-13-27-3)21(24)23-22(33-23)14-6-7-16(28-4)17(8-14)29-5/h6-10,22-23H,11-13H2,1-5H3/t22-,23-/m0/s1. The van der Waals surface area contributed by atoms with Gasteiger partial charge in [0.1, 0.15) is 28.9 Å². The molecule has 0 aromatic heterocycles. The predicted molar refractivity (Wildman–Crippen MR) is 115 cm³/mol. The molecule has 0 unspecified atom stereocenters. The predicted octanol–water partition coefficient (Wildman–Crippen LogP) is 2.97. The first-order valence-corrected chi connectivity index (χ1v) is 10.0. The fourth-order valence-electron chi connectivity index (χ4n) is 3.23. The smallest absolute Gasteiger partial charge is 0.202 e. The Morgan fingerprint density at radius 3 is 1.88 bits per heavy atom. The molecule has 1 aliphatic heterocycles. The summed E-state index contributed by atoms with van der Waals surface area (Å²) in [7, 11) is 7.56. The average molecular weight is 464 g/mol. The Hall–Kier alpha value is -3.05. The highest BCUT2D eigenvalue weighted by molar-refractivity contribution is 6.06. The zero-order valence-corrected chi connectivity index (χ0v) is 19.2. The van der Waals surface area contributed by atoms with Crippen LogP contribution in [-0.4, -0.2) is 67.8 Å². The molecule has 0 amide bonds. The van der Waals surface area contributed by atoms with E-state index < -0.39 is 12.2 Å². The minimum atomic E-state index is -0.733. The maximum atomic E-state index is 13.5. The molecule has 3 rings (SSSR count). The number of epoxide rings is 1. The minimum Gasteiger partial charge on any atom is -0.493 e. The lowest BCUT2D eigenvalue weighted by molar-refractivity contribution is 0.0397.